The van der Waals surface area contributed by atoms with E-state index < -0.39 is 0 Å². The van der Waals surface area contributed by atoms with Gasteiger partial charge in [0.1, 0.15) is 6.33 Å². The second-order valence-corrected chi connectivity index (χ2v) is 3.92. The summed E-state index contributed by atoms with van der Waals surface area (Å²) < 4.78 is 1.69. The second kappa shape index (κ2) is 4.84. The Labute approximate surface area is 83.5 Å². The van der Waals surface area contributed by atoms with Gasteiger partial charge in [0.25, 0.3) is 0 Å². The lowest BCUT2D eigenvalue weighted by Crippen LogP contribution is -2.11. The summed E-state index contributed by atoms with van der Waals surface area (Å²) in [6.45, 7) is 0. The smallest absolute Gasteiger partial charge is 0.185 e. The molecule has 68 valence electrons. The number of hydrogen-bond donors (Lipinski definition) is 1. The Morgan fingerprint density at radius 2 is 2.58 bits per heavy atom. The maximum atomic E-state index is 9.22. The van der Waals surface area contributed by atoms with E-state index in [1.54, 1.807) is 4.68 Å². The molecule has 0 bridgehead atoms. The Kier molecular flexibility index (Phi) is 4.03. The first-order valence-electron chi connectivity index (χ1n) is 3.45. The Balaban J connectivity index is 2.38. The molecule has 12 heavy (non-hydrogen) atoms. The minimum Gasteiger partial charge on any atom is -0.391 e. The summed E-state index contributed by atoms with van der Waals surface area (Å²) in [6, 6.07) is 0. The molecule has 0 fully saturated rings. The van der Waals surface area contributed by atoms with E-state index in [2.05, 4.69) is 26.0 Å². The average molecular weight is 252 g/mol. The van der Waals surface area contributed by atoms with Crippen LogP contribution in [0.3, 0.4) is 0 Å². The fraction of sp³-hybridized carbons (Fsp3) is 0.667. The number of aliphatic hydroxyl groups is 1. The van der Waals surface area contributed by atoms with Crippen molar-refractivity contribution < 1.29 is 5.11 Å². The van der Waals surface area contributed by atoms with Crippen LogP contribution >= 0.6 is 27.7 Å². The Hall–Kier alpha value is -0.0700. The highest BCUT2D eigenvalue weighted by Gasteiger charge is 2.05. The molecule has 0 amide bonds. The summed E-state index contributed by atoms with van der Waals surface area (Å²) >= 11 is 4.69. The highest BCUT2D eigenvalue weighted by Crippen LogP contribution is 2.14. The van der Waals surface area contributed by atoms with Crippen LogP contribution in [0.4, 0.5) is 0 Å². The quantitative estimate of drug-likeness (QED) is 0.632. The van der Waals surface area contributed by atoms with Gasteiger partial charge in [0.05, 0.1) is 6.10 Å². The summed E-state index contributed by atoms with van der Waals surface area (Å²) in [5.74, 6) is 0.637. The van der Waals surface area contributed by atoms with E-state index in [9.17, 15) is 5.11 Å². The van der Waals surface area contributed by atoms with Crippen molar-refractivity contribution in [2.75, 3.05) is 11.1 Å². The predicted octanol–water partition coefficient (Wildman–Crippen LogP) is 0.663. The van der Waals surface area contributed by atoms with Crippen LogP contribution in [0.1, 0.15) is 0 Å². The molecule has 0 radical (unpaired) electrons. The topological polar surface area (TPSA) is 50.9 Å². The summed E-state index contributed by atoms with van der Waals surface area (Å²) in [5, 5.41) is 14.6. The van der Waals surface area contributed by atoms with Crippen LogP contribution in [-0.2, 0) is 7.05 Å². The van der Waals surface area contributed by atoms with E-state index in [0.29, 0.717) is 11.1 Å². The molecule has 1 heterocycles. The minimum atomic E-state index is -0.327. The molecule has 0 aromatic carbocycles. The summed E-state index contributed by atoms with van der Waals surface area (Å²) in [5.41, 5.74) is 0. The largest absolute Gasteiger partial charge is 0.391 e. The molecule has 1 aromatic heterocycles. The number of rotatable bonds is 4. The average Bonchev–Trinajstić information content (AvgIpc) is 2.47. The van der Waals surface area contributed by atoms with Gasteiger partial charge < -0.3 is 5.11 Å². The molecule has 1 atom stereocenters. The van der Waals surface area contributed by atoms with Gasteiger partial charge in [-0.25, -0.2) is 9.67 Å². The van der Waals surface area contributed by atoms with Gasteiger partial charge in [-0.3, -0.25) is 0 Å². The van der Waals surface area contributed by atoms with Crippen molar-refractivity contribution >= 4 is 27.7 Å². The number of nitrogens with zero attached hydrogens (tertiary/aromatic N) is 3. The molecule has 6 heteroatoms. The molecule has 0 aliphatic heterocycles. The highest BCUT2D eigenvalue weighted by molar-refractivity contribution is 9.09. The number of thioether (sulfide) groups is 1. The van der Waals surface area contributed by atoms with E-state index in [1.165, 1.54) is 18.1 Å². The fourth-order valence-corrected chi connectivity index (χ4v) is 1.98. The van der Waals surface area contributed by atoms with Crippen molar-refractivity contribution in [1.29, 1.82) is 0 Å². The molecule has 1 unspecified atom stereocenters. The number of aliphatic hydroxyl groups excluding tert-OH is 1. The van der Waals surface area contributed by atoms with Crippen LogP contribution in [0.25, 0.3) is 0 Å². The molecule has 1 N–H and O–H groups in total. The van der Waals surface area contributed by atoms with Crippen molar-refractivity contribution in [3.8, 4) is 0 Å². The van der Waals surface area contributed by atoms with E-state index >= 15 is 0 Å². The zero-order chi connectivity index (χ0) is 8.97. The molecule has 0 saturated carbocycles. The fourth-order valence-electron chi connectivity index (χ4n) is 0.632. The highest BCUT2D eigenvalue weighted by atomic mass is 79.9. The number of aromatic nitrogens is 3. The van der Waals surface area contributed by atoms with Gasteiger partial charge in [-0.1, -0.05) is 27.7 Å². The number of hydrogen-bond acceptors (Lipinski definition) is 4. The molecule has 1 rings (SSSR count). The first kappa shape index (κ1) is 10.0. The van der Waals surface area contributed by atoms with Crippen LogP contribution in [0.5, 0.6) is 0 Å². The van der Waals surface area contributed by atoms with Gasteiger partial charge >= 0.3 is 0 Å². The normalized spacial score (nSPS) is 13.2. The first-order valence-corrected chi connectivity index (χ1v) is 5.55. The van der Waals surface area contributed by atoms with Crippen LogP contribution in [0.2, 0.25) is 0 Å². The van der Waals surface area contributed by atoms with Crippen LogP contribution in [0, 0.1) is 0 Å². The molecular formula is C6H10BrN3OS. The van der Waals surface area contributed by atoms with Crippen molar-refractivity contribution in [2.45, 2.75) is 11.3 Å². The lowest BCUT2D eigenvalue weighted by atomic mass is 10.5. The van der Waals surface area contributed by atoms with Crippen LogP contribution < -0.4 is 0 Å². The Bertz CT molecular complexity index is 242. The monoisotopic (exact) mass is 251 g/mol. The van der Waals surface area contributed by atoms with E-state index in [4.69, 9.17) is 0 Å². The van der Waals surface area contributed by atoms with Gasteiger partial charge in [0.2, 0.25) is 0 Å². The number of halogens is 1. The molecule has 0 spiro atoms. The van der Waals surface area contributed by atoms with Crippen molar-refractivity contribution in [3.05, 3.63) is 6.33 Å². The predicted molar refractivity (Wildman–Crippen MR) is 51.5 cm³/mol. The summed E-state index contributed by atoms with van der Waals surface area (Å²) in [6.07, 6.45) is 1.18. The SMILES string of the molecule is Cn1ncnc1SCC(O)CBr. The molecule has 0 aliphatic rings. The van der Waals surface area contributed by atoms with Crippen molar-refractivity contribution in [2.24, 2.45) is 7.05 Å². The third-order valence-electron chi connectivity index (χ3n) is 1.25. The molecule has 0 saturated heterocycles. The Morgan fingerprint density at radius 1 is 1.83 bits per heavy atom. The zero-order valence-electron chi connectivity index (χ0n) is 6.64. The maximum absolute atomic E-state index is 9.22. The summed E-state index contributed by atoms with van der Waals surface area (Å²) in [4.78, 5) is 4.01. The maximum Gasteiger partial charge on any atom is 0.185 e. The third kappa shape index (κ3) is 2.76. The van der Waals surface area contributed by atoms with Gasteiger partial charge in [0, 0.05) is 18.1 Å². The molecular weight excluding hydrogens is 242 g/mol. The van der Waals surface area contributed by atoms with E-state index in [0.717, 1.165) is 5.16 Å². The second-order valence-electron chi connectivity index (χ2n) is 2.29. The standard InChI is InChI=1S/C6H10BrN3OS/c1-10-6(8-4-9-10)12-3-5(11)2-7/h4-5,11H,2-3H2,1H3. The lowest BCUT2D eigenvalue weighted by Gasteiger charge is -2.04. The van der Waals surface area contributed by atoms with Gasteiger partial charge in [-0.15, -0.1) is 0 Å². The van der Waals surface area contributed by atoms with Crippen molar-refractivity contribution in [1.82, 2.24) is 14.8 Å². The van der Waals surface area contributed by atoms with Crippen molar-refractivity contribution in [3.63, 3.8) is 0 Å². The summed E-state index contributed by atoms with van der Waals surface area (Å²) in [7, 11) is 1.83. The Morgan fingerprint density at radius 3 is 3.08 bits per heavy atom. The van der Waals surface area contributed by atoms with Gasteiger partial charge in [-0.2, -0.15) is 5.10 Å². The zero-order valence-corrected chi connectivity index (χ0v) is 9.05. The third-order valence-corrected chi connectivity index (χ3v) is 3.18. The van der Waals surface area contributed by atoms with Crippen LogP contribution in [0.15, 0.2) is 11.5 Å². The number of alkyl halides is 1. The van der Waals surface area contributed by atoms with Gasteiger partial charge in [0.15, 0.2) is 5.16 Å². The first-order chi connectivity index (χ1) is 5.74. The van der Waals surface area contributed by atoms with Crippen LogP contribution in [-0.4, -0.2) is 37.1 Å². The number of aryl methyl sites for hydroxylation is 1. The lowest BCUT2D eigenvalue weighted by molar-refractivity contribution is 0.226. The molecule has 0 aliphatic carbocycles. The minimum absolute atomic E-state index is 0.327. The molecule has 4 nitrogen and oxygen atoms in total. The van der Waals surface area contributed by atoms with E-state index in [-0.39, 0.29) is 6.10 Å². The molecule has 1 aromatic rings. The van der Waals surface area contributed by atoms with E-state index in [1.807, 2.05) is 7.05 Å². The van der Waals surface area contributed by atoms with Gasteiger partial charge in [-0.05, 0) is 0 Å².